The van der Waals surface area contributed by atoms with E-state index in [0.717, 1.165) is 6.21 Å². The Bertz CT molecular complexity index is 645. The van der Waals surface area contributed by atoms with Gasteiger partial charge in [0.2, 0.25) is 0 Å². The zero-order valence-corrected chi connectivity index (χ0v) is 12.9. The van der Waals surface area contributed by atoms with E-state index in [1.54, 1.807) is 31.3 Å². The summed E-state index contributed by atoms with van der Waals surface area (Å²) in [6.07, 6.45) is 0.475. The molecule has 1 aliphatic rings. The third kappa shape index (κ3) is 3.70. The maximum atomic E-state index is 15.0. The van der Waals surface area contributed by atoms with Crippen molar-refractivity contribution in [3.63, 3.8) is 0 Å². The molecule has 1 fully saturated rings. The van der Waals surface area contributed by atoms with Crippen molar-refractivity contribution in [1.29, 1.82) is 0 Å². The average Bonchev–Trinajstić information content (AvgIpc) is 3.02. The number of oxime groups is 1. The number of amides is 3. The minimum atomic E-state index is -3.27. The van der Waals surface area contributed by atoms with Crippen LogP contribution < -0.4 is 10.6 Å². The number of esters is 1. The van der Waals surface area contributed by atoms with Crippen molar-refractivity contribution >= 4 is 24.1 Å². The lowest BCUT2D eigenvalue weighted by Gasteiger charge is -2.32. The highest BCUT2D eigenvalue weighted by molar-refractivity contribution is 6.14. The van der Waals surface area contributed by atoms with Gasteiger partial charge < -0.3 is 14.0 Å². The van der Waals surface area contributed by atoms with E-state index in [9.17, 15) is 18.8 Å². The quantitative estimate of drug-likeness (QED) is 0.340. The molecule has 3 amide bonds. The number of nitrogens with zero attached hydrogens (tertiary/aromatic N) is 1. The Balaban J connectivity index is 2.15. The van der Waals surface area contributed by atoms with Crippen LogP contribution in [0, 0.1) is 5.92 Å². The summed E-state index contributed by atoms with van der Waals surface area (Å²) < 4.78 is 24.7. The molecule has 0 saturated carbocycles. The predicted molar refractivity (Wildman–Crippen MR) is 77.5 cm³/mol. The first kappa shape index (κ1) is 17.4. The van der Waals surface area contributed by atoms with E-state index in [1.165, 1.54) is 6.26 Å². The molecule has 0 unspecified atom stereocenters. The Morgan fingerprint density at radius 1 is 1.54 bits per heavy atom. The number of alkyl halides is 1. The second kappa shape index (κ2) is 7.11. The average molecular weight is 341 g/mol. The van der Waals surface area contributed by atoms with Gasteiger partial charge >= 0.3 is 17.7 Å². The van der Waals surface area contributed by atoms with Gasteiger partial charge in [-0.1, -0.05) is 19.0 Å². The molecule has 1 aromatic rings. The Morgan fingerprint density at radius 3 is 2.92 bits per heavy atom. The number of carbonyl (C=O) groups excluding carboxylic acids is 3. The molecule has 0 bridgehead atoms. The van der Waals surface area contributed by atoms with E-state index in [0.29, 0.717) is 0 Å². The minimum Gasteiger partial charge on any atom is -0.463 e. The molecule has 2 atom stereocenters. The Kier molecular flexibility index (Phi) is 5.17. The van der Waals surface area contributed by atoms with Crippen LogP contribution in [0.25, 0.3) is 0 Å². The van der Waals surface area contributed by atoms with Gasteiger partial charge in [0.05, 0.1) is 12.9 Å². The first-order chi connectivity index (χ1) is 11.3. The van der Waals surface area contributed by atoms with Gasteiger partial charge in [0.25, 0.3) is 12.1 Å². The van der Waals surface area contributed by atoms with Crippen molar-refractivity contribution in [3.8, 4) is 0 Å². The van der Waals surface area contributed by atoms with E-state index in [2.05, 4.69) is 5.16 Å². The number of urea groups is 1. The lowest BCUT2D eigenvalue weighted by atomic mass is 10.0. The van der Waals surface area contributed by atoms with Crippen LogP contribution in [0.1, 0.15) is 19.6 Å². The summed E-state index contributed by atoms with van der Waals surface area (Å²) in [5.74, 6) is -2.76. The fourth-order valence-corrected chi connectivity index (χ4v) is 1.72. The molecule has 1 aromatic heterocycles. The summed E-state index contributed by atoms with van der Waals surface area (Å²) in [7, 11) is 0. The summed E-state index contributed by atoms with van der Waals surface area (Å²) in [5, 5.41) is 7.05. The lowest BCUT2D eigenvalue weighted by molar-refractivity contribution is -0.180. The molecular formula is C14H16FN3O6. The molecule has 9 nitrogen and oxygen atoms in total. The third-order valence-electron chi connectivity index (χ3n) is 2.92. The van der Waals surface area contributed by atoms with Gasteiger partial charge in [0, 0.05) is 0 Å². The number of hydrogen-bond acceptors (Lipinski definition) is 7. The van der Waals surface area contributed by atoms with Crippen LogP contribution in [0.5, 0.6) is 0 Å². The van der Waals surface area contributed by atoms with Crippen LogP contribution in [0.4, 0.5) is 9.18 Å². The molecule has 2 heterocycles. The van der Waals surface area contributed by atoms with Crippen molar-refractivity contribution in [3.05, 3.63) is 24.2 Å². The molecule has 24 heavy (non-hydrogen) atoms. The van der Waals surface area contributed by atoms with E-state index < -0.39 is 29.8 Å². The van der Waals surface area contributed by atoms with Gasteiger partial charge in [0.15, 0.2) is 0 Å². The van der Waals surface area contributed by atoms with Gasteiger partial charge in [-0.25, -0.2) is 14.0 Å². The highest BCUT2D eigenvalue weighted by atomic mass is 19.1. The Hall–Kier alpha value is -2.91. The molecule has 130 valence electrons. The zero-order valence-electron chi connectivity index (χ0n) is 12.9. The fourth-order valence-electron chi connectivity index (χ4n) is 1.72. The number of halogens is 1. The number of hydrogen-bond donors (Lipinski definition) is 2. The summed E-state index contributed by atoms with van der Waals surface area (Å²) >= 11 is 0. The SMILES string of the molecule is CC(C)COC(=O)[C@@]1(F)C(=O)NC(=O)N[C@H]1O/N=C/c1ccco1. The number of carbonyl (C=O) groups is 3. The van der Waals surface area contributed by atoms with Crippen molar-refractivity contribution in [2.45, 2.75) is 25.7 Å². The highest BCUT2D eigenvalue weighted by Crippen LogP contribution is 2.24. The molecule has 0 aromatic carbocycles. The first-order valence-corrected chi connectivity index (χ1v) is 7.04. The van der Waals surface area contributed by atoms with E-state index >= 15 is 0 Å². The van der Waals surface area contributed by atoms with Gasteiger partial charge in [-0.2, -0.15) is 0 Å². The van der Waals surface area contributed by atoms with Crippen LogP contribution in [-0.4, -0.2) is 42.6 Å². The lowest BCUT2D eigenvalue weighted by Crippen LogP contribution is -2.70. The second-order valence-corrected chi connectivity index (χ2v) is 5.37. The monoisotopic (exact) mass is 341 g/mol. The molecule has 1 saturated heterocycles. The topological polar surface area (TPSA) is 119 Å². The smallest absolute Gasteiger partial charge is 0.360 e. The first-order valence-electron chi connectivity index (χ1n) is 7.04. The molecular weight excluding hydrogens is 325 g/mol. The van der Waals surface area contributed by atoms with E-state index in [4.69, 9.17) is 14.0 Å². The van der Waals surface area contributed by atoms with Crippen molar-refractivity contribution in [2.75, 3.05) is 6.61 Å². The molecule has 0 radical (unpaired) electrons. The molecule has 0 spiro atoms. The fraction of sp³-hybridized carbons (Fsp3) is 0.429. The van der Waals surface area contributed by atoms with Gasteiger partial charge in [-0.15, -0.1) is 0 Å². The number of nitrogens with one attached hydrogen (secondary N) is 2. The molecule has 2 rings (SSSR count). The number of rotatable bonds is 6. The van der Waals surface area contributed by atoms with Crippen LogP contribution in [0.15, 0.2) is 28.0 Å². The van der Waals surface area contributed by atoms with Crippen LogP contribution in [0.3, 0.4) is 0 Å². The van der Waals surface area contributed by atoms with Gasteiger partial charge in [-0.3, -0.25) is 15.4 Å². The van der Waals surface area contributed by atoms with Crippen molar-refractivity contribution in [2.24, 2.45) is 11.1 Å². The third-order valence-corrected chi connectivity index (χ3v) is 2.92. The number of furan rings is 1. The second-order valence-electron chi connectivity index (χ2n) is 5.37. The Morgan fingerprint density at radius 2 is 2.29 bits per heavy atom. The zero-order chi connectivity index (χ0) is 17.7. The van der Waals surface area contributed by atoms with Crippen LogP contribution >= 0.6 is 0 Å². The van der Waals surface area contributed by atoms with E-state index in [-0.39, 0.29) is 18.3 Å². The molecule has 2 N–H and O–H groups in total. The normalized spacial score (nSPS) is 23.9. The minimum absolute atomic E-state index is 0.0739. The summed E-state index contributed by atoms with van der Waals surface area (Å²) in [4.78, 5) is 39.9. The maximum Gasteiger partial charge on any atom is 0.360 e. The maximum absolute atomic E-state index is 15.0. The van der Waals surface area contributed by atoms with Crippen LogP contribution in [0.2, 0.25) is 0 Å². The number of imide groups is 1. The number of ether oxygens (including phenoxy) is 1. The molecule has 10 heteroatoms. The van der Waals surface area contributed by atoms with Crippen molar-refractivity contribution < 1.29 is 32.8 Å². The van der Waals surface area contributed by atoms with Crippen molar-refractivity contribution in [1.82, 2.24) is 10.6 Å². The largest absolute Gasteiger partial charge is 0.463 e. The van der Waals surface area contributed by atoms with E-state index in [1.807, 2.05) is 5.32 Å². The molecule has 0 aliphatic carbocycles. The summed E-state index contributed by atoms with van der Waals surface area (Å²) in [5.41, 5.74) is -3.27. The Labute approximate surface area is 136 Å². The van der Waals surface area contributed by atoms with Crippen LogP contribution in [-0.2, 0) is 19.2 Å². The summed E-state index contributed by atoms with van der Waals surface area (Å²) in [6.45, 7) is 3.37. The predicted octanol–water partition coefficient (Wildman–Crippen LogP) is 0.703. The highest BCUT2D eigenvalue weighted by Gasteiger charge is 2.61. The standard InChI is InChI=1S/C14H16FN3O6/c1-8(2)7-23-12(20)14(15)10(19)17-13(21)18-11(14)24-16-6-9-4-3-5-22-9/h3-6,8,11H,7H2,1-2H3,(H2,17,18,19,21)/b16-6+/t11-,14+/m0/s1. The van der Waals surface area contributed by atoms with Gasteiger partial charge in [0.1, 0.15) is 12.0 Å². The van der Waals surface area contributed by atoms with Gasteiger partial charge in [-0.05, 0) is 18.1 Å². The summed E-state index contributed by atoms with van der Waals surface area (Å²) in [6, 6.07) is 2.10. The molecule has 1 aliphatic heterocycles.